The second-order valence-corrected chi connectivity index (χ2v) is 7.31. The molecule has 2 aromatic carbocycles. The van der Waals surface area contributed by atoms with Gasteiger partial charge in [-0.1, -0.05) is 30.3 Å². The smallest absolute Gasteiger partial charge is 0.193 e. The summed E-state index contributed by atoms with van der Waals surface area (Å²) >= 11 is 0. The number of halogens is 1. The Labute approximate surface area is 196 Å². The van der Waals surface area contributed by atoms with Crippen LogP contribution in [0.4, 0.5) is 5.69 Å². The van der Waals surface area contributed by atoms with E-state index < -0.39 is 0 Å². The topological polar surface area (TPSA) is 72.1 Å². The second-order valence-electron chi connectivity index (χ2n) is 7.31. The monoisotopic (exact) mass is 524 g/mol. The molecule has 1 heterocycles. The lowest BCUT2D eigenvalue weighted by atomic mass is 10.1. The predicted molar refractivity (Wildman–Crippen MR) is 134 cm³/mol. The van der Waals surface area contributed by atoms with Crippen LogP contribution < -0.4 is 15.8 Å². The summed E-state index contributed by atoms with van der Waals surface area (Å²) in [7, 11) is 1.65. The molecular weight excluding hydrogens is 491 g/mol. The first-order valence-electron chi connectivity index (χ1n) is 10.3. The van der Waals surface area contributed by atoms with Crippen molar-refractivity contribution in [2.75, 3.05) is 38.7 Å². The van der Waals surface area contributed by atoms with E-state index in [0.717, 1.165) is 56.9 Å². The molecule has 0 spiro atoms. The molecular formula is C23H33IN4O2. The Kier molecular flexibility index (Phi) is 11.0. The highest BCUT2D eigenvalue weighted by atomic mass is 127. The van der Waals surface area contributed by atoms with Gasteiger partial charge in [-0.25, -0.2) is 0 Å². The van der Waals surface area contributed by atoms with Gasteiger partial charge in [-0.2, -0.15) is 0 Å². The molecule has 6 nitrogen and oxygen atoms in total. The van der Waals surface area contributed by atoms with Gasteiger partial charge in [-0.15, -0.1) is 24.0 Å². The van der Waals surface area contributed by atoms with Gasteiger partial charge in [0.15, 0.2) is 5.96 Å². The van der Waals surface area contributed by atoms with Crippen molar-refractivity contribution in [3.8, 4) is 5.75 Å². The van der Waals surface area contributed by atoms with Crippen molar-refractivity contribution < 1.29 is 9.47 Å². The molecule has 2 aromatic rings. The Bertz CT molecular complexity index is 748. The number of anilines is 1. The number of aliphatic imine (C=N–C) groups is 1. The zero-order valence-corrected chi connectivity index (χ0v) is 20.0. The lowest BCUT2D eigenvalue weighted by Crippen LogP contribution is -2.36. The van der Waals surface area contributed by atoms with Crippen LogP contribution in [0.25, 0.3) is 0 Å². The molecule has 1 aliphatic rings. The number of methoxy groups -OCH3 is 1. The van der Waals surface area contributed by atoms with Crippen molar-refractivity contribution in [1.29, 1.82) is 0 Å². The van der Waals surface area contributed by atoms with Gasteiger partial charge >= 0.3 is 0 Å². The molecule has 0 bridgehead atoms. The maximum atomic E-state index is 6.04. The molecule has 1 aliphatic heterocycles. The van der Waals surface area contributed by atoms with E-state index in [2.05, 4.69) is 45.5 Å². The average Bonchev–Trinajstić information content (AvgIpc) is 2.76. The molecule has 164 valence electrons. The number of nitrogens with one attached hydrogen (secondary N) is 1. The van der Waals surface area contributed by atoms with E-state index in [1.54, 1.807) is 7.11 Å². The molecule has 3 N–H and O–H groups in total. The minimum atomic E-state index is 0. The van der Waals surface area contributed by atoms with Crippen molar-refractivity contribution in [3.05, 3.63) is 60.2 Å². The summed E-state index contributed by atoms with van der Waals surface area (Å²) < 4.78 is 11.2. The zero-order valence-electron chi connectivity index (χ0n) is 17.6. The Morgan fingerprint density at radius 1 is 1.10 bits per heavy atom. The molecule has 0 aromatic heterocycles. The van der Waals surface area contributed by atoms with Crippen LogP contribution in [0.15, 0.2) is 59.6 Å². The van der Waals surface area contributed by atoms with Crippen LogP contribution in [0.2, 0.25) is 0 Å². The summed E-state index contributed by atoms with van der Waals surface area (Å²) in [5, 5.41) is 3.08. The Hall–Kier alpha value is -1.84. The quantitative estimate of drug-likeness (QED) is 0.224. The zero-order chi connectivity index (χ0) is 20.3. The van der Waals surface area contributed by atoms with E-state index in [1.165, 1.54) is 5.56 Å². The molecule has 7 heteroatoms. The molecule has 0 saturated carbocycles. The number of nitrogens with zero attached hydrogens (tertiary/aromatic N) is 2. The molecule has 0 radical (unpaired) electrons. The third-order valence-electron chi connectivity index (χ3n) is 5.08. The number of rotatable bonds is 9. The lowest BCUT2D eigenvalue weighted by Gasteiger charge is -2.31. The number of ether oxygens (including phenoxy) is 2. The summed E-state index contributed by atoms with van der Waals surface area (Å²) in [6.45, 7) is 4.60. The highest BCUT2D eigenvalue weighted by Crippen LogP contribution is 2.17. The highest BCUT2D eigenvalue weighted by Gasteiger charge is 2.19. The summed E-state index contributed by atoms with van der Waals surface area (Å²) in [5.74, 6) is 1.23. The number of hydrogen-bond acceptors (Lipinski definition) is 4. The number of guanidine groups is 1. The third-order valence-corrected chi connectivity index (χ3v) is 5.08. The Balaban J connectivity index is 0.00000320. The minimum Gasteiger partial charge on any atom is -0.497 e. The van der Waals surface area contributed by atoms with Gasteiger partial charge in [0.2, 0.25) is 0 Å². The summed E-state index contributed by atoms with van der Waals surface area (Å²) in [4.78, 5) is 6.87. The lowest BCUT2D eigenvalue weighted by molar-refractivity contribution is 0.00566. The highest BCUT2D eigenvalue weighted by molar-refractivity contribution is 14.0. The fourth-order valence-electron chi connectivity index (χ4n) is 3.45. The van der Waals surface area contributed by atoms with Crippen LogP contribution >= 0.6 is 24.0 Å². The standard InChI is InChI=1S/C23H32N4O2.HI/c1-28-21-10-8-20(9-11-21)26-23(24)25-14-5-17-29-22-12-15-27(16-13-22)18-19-6-3-2-4-7-19;/h2-4,6-11,22H,5,12-18H2,1H3,(H3,24,25,26);1H. The normalized spacial score (nSPS) is 15.4. The van der Waals surface area contributed by atoms with E-state index in [-0.39, 0.29) is 24.0 Å². The fraction of sp³-hybridized carbons (Fsp3) is 0.435. The van der Waals surface area contributed by atoms with Crippen molar-refractivity contribution in [3.63, 3.8) is 0 Å². The van der Waals surface area contributed by atoms with E-state index >= 15 is 0 Å². The van der Waals surface area contributed by atoms with Gasteiger partial charge in [-0.3, -0.25) is 9.89 Å². The van der Waals surface area contributed by atoms with E-state index in [9.17, 15) is 0 Å². The van der Waals surface area contributed by atoms with Gasteiger partial charge in [0.05, 0.1) is 13.2 Å². The number of nitrogens with two attached hydrogens (primary N) is 1. The number of benzene rings is 2. The molecule has 1 fully saturated rings. The summed E-state index contributed by atoms with van der Waals surface area (Å²) in [6, 6.07) is 18.2. The van der Waals surface area contributed by atoms with Crippen molar-refractivity contribution in [2.45, 2.75) is 31.9 Å². The molecule has 0 unspecified atom stereocenters. The predicted octanol–water partition coefficient (Wildman–Crippen LogP) is 4.11. The molecule has 30 heavy (non-hydrogen) atoms. The molecule has 0 atom stereocenters. The van der Waals surface area contributed by atoms with Crippen molar-refractivity contribution in [2.24, 2.45) is 10.7 Å². The van der Waals surface area contributed by atoms with E-state index in [0.29, 0.717) is 18.6 Å². The molecule has 0 amide bonds. The first kappa shape index (κ1) is 24.4. The molecule has 0 aliphatic carbocycles. The van der Waals surface area contributed by atoms with Gasteiger partial charge < -0.3 is 20.5 Å². The fourth-order valence-corrected chi connectivity index (χ4v) is 3.45. The van der Waals surface area contributed by atoms with Crippen LogP contribution in [-0.2, 0) is 11.3 Å². The van der Waals surface area contributed by atoms with Gasteiger partial charge in [0.25, 0.3) is 0 Å². The van der Waals surface area contributed by atoms with Crippen LogP contribution in [0.1, 0.15) is 24.8 Å². The third kappa shape index (κ3) is 8.49. The van der Waals surface area contributed by atoms with Crippen LogP contribution in [-0.4, -0.2) is 50.3 Å². The summed E-state index contributed by atoms with van der Waals surface area (Å²) in [5.41, 5.74) is 8.22. The maximum absolute atomic E-state index is 6.04. The van der Waals surface area contributed by atoms with Crippen LogP contribution in [0.3, 0.4) is 0 Å². The Morgan fingerprint density at radius 2 is 1.80 bits per heavy atom. The van der Waals surface area contributed by atoms with E-state index in [4.69, 9.17) is 15.2 Å². The maximum Gasteiger partial charge on any atom is 0.193 e. The Morgan fingerprint density at radius 3 is 2.47 bits per heavy atom. The summed E-state index contributed by atoms with van der Waals surface area (Å²) in [6.07, 6.45) is 3.42. The van der Waals surface area contributed by atoms with Crippen molar-refractivity contribution in [1.82, 2.24) is 4.90 Å². The van der Waals surface area contributed by atoms with Crippen molar-refractivity contribution >= 4 is 35.6 Å². The van der Waals surface area contributed by atoms with Gasteiger partial charge in [0.1, 0.15) is 5.75 Å². The largest absolute Gasteiger partial charge is 0.497 e. The van der Waals surface area contributed by atoms with Gasteiger partial charge in [-0.05, 0) is 49.1 Å². The SMILES string of the molecule is COc1ccc(NC(N)=NCCCOC2CCN(Cc3ccccc3)CC2)cc1.I. The van der Waals surface area contributed by atoms with Crippen LogP contribution in [0.5, 0.6) is 5.75 Å². The second kappa shape index (κ2) is 13.5. The first-order valence-corrected chi connectivity index (χ1v) is 10.3. The van der Waals surface area contributed by atoms with Gasteiger partial charge in [0, 0.05) is 38.5 Å². The average molecular weight is 524 g/mol. The first-order chi connectivity index (χ1) is 14.2. The molecule has 1 saturated heterocycles. The number of likely N-dealkylation sites (tertiary alicyclic amines) is 1. The molecule has 3 rings (SSSR count). The minimum absolute atomic E-state index is 0. The van der Waals surface area contributed by atoms with Crippen LogP contribution in [0, 0.1) is 0 Å². The number of hydrogen-bond donors (Lipinski definition) is 2. The van der Waals surface area contributed by atoms with E-state index in [1.807, 2.05) is 24.3 Å². The number of piperidine rings is 1.